The SMILES string of the molecule is O=C(NC1CCN(Cc2cc3c(cc2Cl)OCO3)CC1)c1cc(=O)c2ccc(F)cc2o1.O=C(O)C(F)(F)F. The minimum atomic E-state index is -5.08. The number of carbonyl (C=O) groups excluding carboxylic acids is 1. The lowest BCUT2D eigenvalue weighted by Gasteiger charge is -2.32. The van der Waals surface area contributed by atoms with Crippen molar-refractivity contribution in [1.29, 1.82) is 0 Å². The molecule has 2 aliphatic heterocycles. The van der Waals surface area contributed by atoms with Crippen LogP contribution >= 0.6 is 11.6 Å². The van der Waals surface area contributed by atoms with Gasteiger partial charge in [0.1, 0.15) is 11.4 Å². The molecule has 0 atom stereocenters. The Bertz CT molecular complexity index is 1450. The number of halogens is 5. The first-order valence-electron chi connectivity index (χ1n) is 11.6. The fraction of sp³-hybridized carbons (Fsp3) is 0.320. The van der Waals surface area contributed by atoms with E-state index in [1.807, 2.05) is 6.07 Å². The first kappa shape index (κ1) is 28.2. The van der Waals surface area contributed by atoms with Crippen LogP contribution < -0.4 is 20.2 Å². The number of carbonyl (C=O) groups is 2. The molecule has 9 nitrogen and oxygen atoms in total. The highest BCUT2D eigenvalue weighted by atomic mass is 35.5. The van der Waals surface area contributed by atoms with Crippen LogP contribution in [0, 0.1) is 5.82 Å². The zero-order chi connectivity index (χ0) is 28.3. The third-order valence-corrected chi connectivity index (χ3v) is 6.37. The summed E-state index contributed by atoms with van der Waals surface area (Å²) in [5.41, 5.74) is 0.633. The summed E-state index contributed by atoms with van der Waals surface area (Å²) in [5, 5.41) is 10.9. The van der Waals surface area contributed by atoms with Crippen LogP contribution in [-0.2, 0) is 11.3 Å². The summed E-state index contributed by atoms with van der Waals surface area (Å²) in [6.45, 7) is 2.40. The molecule has 0 bridgehead atoms. The molecule has 39 heavy (non-hydrogen) atoms. The Morgan fingerprint density at radius 1 is 1.08 bits per heavy atom. The van der Waals surface area contributed by atoms with Crippen LogP contribution in [0.2, 0.25) is 5.02 Å². The summed E-state index contributed by atoms with van der Waals surface area (Å²) in [6.07, 6.45) is -3.61. The van der Waals surface area contributed by atoms with Gasteiger partial charge >= 0.3 is 12.1 Å². The molecule has 1 fully saturated rings. The second kappa shape index (κ2) is 11.5. The van der Waals surface area contributed by atoms with Crippen molar-refractivity contribution in [1.82, 2.24) is 10.2 Å². The van der Waals surface area contributed by atoms with Gasteiger partial charge in [0.05, 0.1) is 5.39 Å². The minimum absolute atomic E-state index is 0.0538. The van der Waals surface area contributed by atoms with Gasteiger partial charge in [-0.1, -0.05) is 11.6 Å². The van der Waals surface area contributed by atoms with E-state index in [1.54, 1.807) is 6.07 Å². The summed E-state index contributed by atoms with van der Waals surface area (Å²) in [4.78, 5) is 36.0. The number of fused-ring (bicyclic) bond motifs is 2. The third kappa shape index (κ3) is 6.98. The lowest BCUT2D eigenvalue weighted by molar-refractivity contribution is -0.192. The second-order valence-electron chi connectivity index (χ2n) is 8.74. The number of hydrogen-bond donors (Lipinski definition) is 2. The number of alkyl halides is 3. The van der Waals surface area contributed by atoms with Gasteiger partial charge < -0.3 is 24.3 Å². The Morgan fingerprint density at radius 2 is 1.72 bits per heavy atom. The van der Waals surface area contributed by atoms with Crippen LogP contribution in [0.5, 0.6) is 11.5 Å². The molecule has 0 unspecified atom stereocenters. The van der Waals surface area contributed by atoms with Gasteiger partial charge in [-0.3, -0.25) is 14.5 Å². The number of nitrogens with one attached hydrogen (secondary N) is 1. The van der Waals surface area contributed by atoms with Crippen LogP contribution in [-0.4, -0.2) is 54.0 Å². The number of rotatable bonds is 4. The van der Waals surface area contributed by atoms with Crippen molar-refractivity contribution < 1.29 is 46.1 Å². The highest BCUT2D eigenvalue weighted by molar-refractivity contribution is 6.31. The maximum atomic E-state index is 13.5. The first-order valence-corrected chi connectivity index (χ1v) is 11.9. The van der Waals surface area contributed by atoms with Crippen molar-refractivity contribution in [3.8, 4) is 11.5 Å². The number of hydrogen-bond acceptors (Lipinski definition) is 7. The molecular formula is C25H21ClF4N2O7. The Morgan fingerprint density at radius 3 is 2.36 bits per heavy atom. The molecule has 2 N–H and O–H groups in total. The van der Waals surface area contributed by atoms with Crippen molar-refractivity contribution in [2.45, 2.75) is 31.6 Å². The number of carboxylic acids is 1. The summed E-state index contributed by atoms with van der Waals surface area (Å²) < 4.78 is 61.5. The van der Waals surface area contributed by atoms with Gasteiger partial charge in [-0.2, -0.15) is 13.2 Å². The molecule has 208 valence electrons. The van der Waals surface area contributed by atoms with Crippen LogP contribution in [0.3, 0.4) is 0 Å². The average molecular weight is 573 g/mol. The van der Waals surface area contributed by atoms with E-state index < -0.39 is 23.9 Å². The fourth-order valence-electron chi connectivity index (χ4n) is 4.05. The van der Waals surface area contributed by atoms with E-state index in [9.17, 15) is 27.2 Å². The summed E-state index contributed by atoms with van der Waals surface area (Å²) >= 11 is 6.38. The Kier molecular flexibility index (Phi) is 8.31. The topological polar surface area (TPSA) is 118 Å². The molecule has 0 saturated carbocycles. The Labute approximate surface area is 222 Å². The van der Waals surface area contributed by atoms with Gasteiger partial charge in [-0.15, -0.1) is 0 Å². The van der Waals surface area contributed by atoms with Crippen molar-refractivity contribution in [2.24, 2.45) is 0 Å². The van der Waals surface area contributed by atoms with Gasteiger partial charge in [-0.05, 0) is 36.6 Å². The van der Waals surface area contributed by atoms with Crippen molar-refractivity contribution in [3.63, 3.8) is 0 Å². The van der Waals surface area contributed by atoms with Gasteiger partial charge in [0.15, 0.2) is 22.7 Å². The predicted molar refractivity (Wildman–Crippen MR) is 129 cm³/mol. The molecule has 5 rings (SSSR count). The molecule has 0 spiro atoms. The largest absolute Gasteiger partial charge is 0.490 e. The average Bonchev–Trinajstić information content (AvgIpc) is 3.32. The maximum Gasteiger partial charge on any atom is 0.490 e. The van der Waals surface area contributed by atoms with E-state index in [1.165, 1.54) is 12.1 Å². The summed E-state index contributed by atoms with van der Waals surface area (Å²) in [7, 11) is 0. The van der Waals surface area contributed by atoms with Gasteiger partial charge in [-0.25, -0.2) is 9.18 Å². The van der Waals surface area contributed by atoms with Crippen LogP contribution in [0.4, 0.5) is 17.6 Å². The zero-order valence-electron chi connectivity index (χ0n) is 20.0. The van der Waals surface area contributed by atoms with Crippen molar-refractivity contribution in [3.05, 3.63) is 68.8 Å². The van der Waals surface area contributed by atoms with Crippen molar-refractivity contribution in [2.75, 3.05) is 19.9 Å². The zero-order valence-corrected chi connectivity index (χ0v) is 20.8. The molecule has 3 aromatic rings. The normalized spacial score (nSPS) is 15.5. The first-order chi connectivity index (χ1) is 18.4. The van der Waals surface area contributed by atoms with Gasteiger partial charge in [0, 0.05) is 48.9 Å². The van der Waals surface area contributed by atoms with E-state index >= 15 is 0 Å². The number of nitrogens with zero attached hydrogens (tertiary/aromatic N) is 1. The van der Waals surface area contributed by atoms with E-state index in [0.717, 1.165) is 43.6 Å². The number of likely N-dealkylation sites (tertiary alicyclic amines) is 1. The standard InChI is InChI=1S/C23H20ClFN2O5.C2HF3O2/c24-17-9-21-20(30-12-31-21)7-13(17)11-27-5-3-15(4-6-27)26-23(29)22-10-18(28)16-2-1-14(25)8-19(16)32-22;3-2(4,5)1(6)7/h1-2,7-10,15H,3-6,11-12H2,(H,26,29);(H,6,7). The fourth-order valence-corrected chi connectivity index (χ4v) is 4.27. The van der Waals surface area contributed by atoms with E-state index in [2.05, 4.69) is 10.2 Å². The molecule has 2 aromatic carbocycles. The quantitative estimate of drug-likeness (QED) is 0.443. The molecule has 1 amide bonds. The van der Waals surface area contributed by atoms with Gasteiger partial charge in [0.2, 0.25) is 6.79 Å². The number of carboxylic acid groups (broad SMARTS) is 1. The number of ether oxygens (including phenoxy) is 2. The number of benzene rings is 2. The molecule has 2 aliphatic rings. The van der Waals surface area contributed by atoms with E-state index in [-0.39, 0.29) is 35.0 Å². The smallest absolute Gasteiger partial charge is 0.475 e. The Hall–Kier alpha value is -3.84. The predicted octanol–water partition coefficient (Wildman–Crippen LogP) is 4.34. The molecular weight excluding hydrogens is 552 g/mol. The second-order valence-corrected chi connectivity index (χ2v) is 9.15. The summed E-state index contributed by atoms with van der Waals surface area (Å²) in [5.74, 6) is -2.54. The number of piperidine rings is 1. The lowest BCUT2D eigenvalue weighted by Crippen LogP contribution is -2.44. The number of amides is 1. The highest BCUT2D eigenvalue weighted by Gasteiger charge is 2.38. The third-order valence-electron chi connectivity index (χ3n) is 6.02. The van der Waals surface area contributed by atoms with E-state index in [0.29, 0.717) is 23.1 Å². The van der Waals surface area contributed by atoms with Crippen molar-refractivity contribution >= 4 is 34.4 Å². The van der Waals surface area contributed by atoms with Crippen LogP contribution in [0.1, 0.15) is 29.0 Å². The molecule has 1 aromatic heterocycles. The molecule has 0 radical (unpaired) electrons. The van der Waals surface area contributed by atoms with Crippen LogP contribution in [0.15, 0.2) is 45.6 Å². The minimum Gasteiger partial charge on any atom is -0.475 e. The Balaban J connectivity index is 0.000000448. The highest BCUT2D eigenvalue weighted by Crippen LogP contribution is 2.37. The monoisotopic (exact) mass is 572 g/mol. The van der Waals surface area contributed by atoms with Crippen LogP contribution in [0.25, 0.3) is 11.0 Å². The van der Waals surface area contributed by atoms with E-state index in [4.69, 9.17) is 35.4 Å². The lowest BCUT2D eigenvalue weighted by atomic mass is 10.0. The molecule has 0 aliphatic carbocycles. The molecule has 3 heterocycles. The molecule has 14 heteroatoms. The summed E-state index contributed by atoms with van der Waals surface area (Å²) in [6, 6.07) is 8.40. The molecule has 1 saturated heterocycles. The number of aliphatic carboxylic acids is 1. The van der Waals surface area contributed by atoms with Gasteiger partial charge in [0.25, 0.3) is 5.91 Å². The maximum absolute atomic E-state index is 13.5.